The highest BCUT2D eigenvalue weighted by Crippen LogP contribution is 2.41. The molecule has 27 heavy (non-hydrogen) atoms. The van der Waals surface area contributed by atoms with E-state index in [1.54, 1.807) is 30.2 Å². The number of allylic oxidation sites excluding steroid dienone is 1. The van der Waals surface area contributed by atoms with Crippen LogP contribution in [0.4, 0.5) is 10.1 Å². The Kier molecular flexibility index (Phi) is 5.78. The number of nitrogens with zero attached hydrogens (tertiary/aromatic N) is 1. The van der Waals surface area contributed by atoms with E-state index in [1.807, 2.05) is 6.07 Å². The minimum Gasteiger partial charge on any atom is -0.403 e. The van der Waals surface area contributed by atoms with Gasteiger partial charge in [-0.3, -0.25) is 9.63 Å². The standard InChI is InChI=1S/C19H23FN4O3/c1-24-14(11-21)5-6-15(19(26)23-27-9-8-25)18(24)22-17-7-4-13(10-16(17)20)12-2-3-12/h4-7,10-12,22,25H,2-3,8-9,21H2,1H3,(H,23,26)/b14-11-. The van der Waals surface area contributed by atoms with Crippen molar-refractivity contribution in [3.05, 3.63) is 65.0 Å². The Balaban J connectivity index is 1.88. The highest BCUT2D eigenvalue weighted by Gasteiger charge is 2.26. The normalized spacial score (nSPS) is 18.2. The highest BCUT2D eigenvalue weighted by atomic mass is 19.1. The van der Waals surface area contributed by atoms with Crippen LogP contribution in [0.2, 0.25) is 0 Å². The number of aliphatic hydroxyl groups is 1. The van der Waals surface area contributed by atoms with Gasteiger partial charge in [-0.15, -0.1) is 0 Å². The third kappa shape index (κ3) is 4.29. The van der Waals surface area contributed by atoms with Crippen LogP contribution in [0, 0.1) is 5.82 Å². The molecule has 1 saturated carbocycles. The van der Waals surface area contributed by atoms with E-state index in [4.69, 9.17) is 15.7 Å². The molecule has 1 aliphatic heterocycles. The number of amides is 1. The van der Waals surface area contributed by atoms with Crippen LogP contribution in [0.15, 0.2) is 53.6 Å². The second-order valence-corrected chi connectivity index (χ2v) is 6.39. The third-order valence-electron chi connectivity index (χ3n) is 4.47. The van der Waals surface area contributed by atoms with Crippen molar-refractivity contribution in [2.45, 2.75) is 18.8 Å². The van der Waals surface area contributed by atoms with E-state index in [1.165, 1.54) is 12.3 Å². The van der Waals surface area contributed by atoms with E-state index in [0.29, 0.717) is 17.4 Å². The summed E-state index contributed by atoms with van der Waals surface area (Å²) in [4.78, 5) is 18.9. The molecule has 0 saturated heterocycles. The Morgan fingerprint density at radius 2 is 2.22 bits per heavy atom. The number of aliphatic hydroxyl groups excluding tert-OH is 1. The second-order valence-electron chi connectivity index (χ2n) is 6.39. The van der Waals surface area contributed by atoms with Crippen molar-refractivity contribution in [1.29, 1.82) is 0 Å². The molecule has 1 fully saturated rings. The summed E-state index contributed by atoms with van der Waals surface area (Å²) in [7, 11) is 1.71. The summed E-state index contributed by atoms with van der Waals surface area (Å²) in [5.74, 6) is -0.105. The van der Waals surface area contributed by atoms with Gasteiger partial charge in [0.05, 0.1) is 30.2 Å². The second kappa shape index (κ2) is 8.24. The number of benzene rings is 1. The molecule has 1 amide bonds. The van der Waals surface area contributed by atoms with Crippen molar-refractivity contribution in [1.82, 2.24) is 10.4 Å². The lowest BCUT2D eigenvalue weighted by Gasteiger charge is -2.29. The van der Waals surface area contributed by atoms with Gasteiger partial charge in [-0.2, -0.15) is 0 Å². The van der Waals surface area contributed by atoms with Crippen molar-refractivity contribution in [3.8, 4) is 0 Å². The van der Waals surface area contributed by atoms with Crippen LogP contribution < -0.4 is 16.5 Å². The fourth-order valence-corrected chi connectivity index (χ4v) is 2.82. The lowest BCUT2D eigenvalue weighted by molar-refractivity contribution is -0.130. The molecule has 0 unspecified atom stereocenters. The molecule has 7 nitrogen and oxygen atoms in total. The number of carbonyl (C=O) groups excluding carboxylic acids is 1. The number of hydrogen-bond acceptors (Lipinski definition) is 6. The van der Waals surface area contributed by atoms with Gasteiger partial charge in [-0.25, -0.2) is 9.87 Å². The van der Waals surface area contributed by atoms with Gasteiger partial charge >= 0.3 is 0 Å². The molecule has 3 rings (SSSR count). The van der Waals surface area contributed by atoms with Crippen molar-refractivity contribution in [2.24, 2.45) is 5.73 Å². The number of anilines is 1. The van der Waals surface area contributed by atoms with Gasteiger partial charge in [0.15, 0.2) is 0 Å². The van der Waals surface area contributed by atoms with Crippen LogP contribution in [-0.4, -0.2) is 36.2 Å². The molecule has 0 radical (unpaired) electrons. The maximum atomic E-state index is 14.6. The molecule has 0 spiro atoms. The summed E-state index contributed by atoms with van der Waals surface area (Å²) in [5, 5.41) is 11.7. The van der Waals surface area contributed by atoms with Crippen LogP contribution >= 0.6 is 0 Å². The molecule has 1 aromatic rings. The van der Waals surface area contributed by atoms with E-state index in [9.17, 15) is 9.18 Å². The van der Waals surface area contributed by atoms with Gasteiger partial charge in [-0.05, 0) is 48.6 Å². The Morgan fingerprint density at radius 1 is 1.44 bits per heavy atom. The molecule has 1 heterocycles. The number of hydrogen-bond donors (Lipinski definition) is 4. The zero-order valence-electron chi connectivity index (χ0n) is 15.0. The number of carbonyl (C=O) groups is 1. The zero-order chi connectivity index (χ0) is 19.4. The molecule has 5 N–H and O–H groups in total. The largest absolute Gasteiger partial charge is 0.403 e. The smallest absolute Gasteiger partial charge is 0.278 e. The lowest BCUT2D eigenvalue weighted by Crippen LogP contribution is -2.33. The molecular formula is C19H23FN4O3. The third-order valence-corrected chi connectivity index (χ3v) is 4.47. The van der Waals surface area contributed by atoms with E-state index in [2.05, 4.69) is 10.8 Å². The minimum atomic E-state index is -0.528. The number of rotatable bonds is 7. The van der Waals surface area contributed by atoms with Crippen molar-refractivity contribution < 1.29 is 19.1 Å². The molecular weight excluding hydrogens is 351 g/mol. The SMILES string of the molecule is CN1C(Nc2ccc(C3CC3)cc2F)=C(C(=O)NOCCO)C=C/C1=C/N. The first-order valence-electron chi connectivity index (χ1n) is 8.72. The average Bonchev–Trinajstić information content (AvgIpc) is 3.50. The first-order valence-corrected chi connectivity index (χ1v) is 8.72. The first kappa shape index (κ1) is 18.9. The van der Waals surface area contributed by atoms with Gasteiger partial charge in [0.25, 0.3) is 5.91 Å². The summed E-state index contributed by atoms with van der Waals surface area (Å²) in [6.45, 7) is -0.259. The maximum absolute atomic E-state index is 14.6. The van der Waals surface area contributed by atoms with Crippen molar-refractivity contribution in [3.63, 3.8) is 0 Å². The molecule has 1 aromatic carbocycles. The Morgan fingerprint density at radius 3 is 2.85 bits per heavy atom. The average molecular weight is 374 g/mol. The number of nitrogens with two attached hydrogens (primary N) is 1. The van der Waals surface area contributed by atoms with Crippen LogP contribution in [-0.2, 0) is 9.63 Å². The fraction of sp³-hybridized carbons (Fsp3) is 0.316. The Labute approximate surface area is 156 Å². The zero-order valence-corrected chi connectivity index (χ0v) is 15.0. The van der Waals surface area contributed by atoms with Crippen LogP contribution in [0.1, 0.15) is 24.3 Å². The molecule has 0 bridgehead atoms. The Hall–Kier alpha value is -2.84. The minimum absolute atomic E-state index is 0.0352. The number of nitrogens with one attached hydrogen (secondary N) is 2. The number of hydroxylamine groups is 1. The summed E-state index contributed by atoms with van der Waals surface area (Å²) < 4.78 is 14.6. The van der Waals surface area contributed by atoms with Gasteiger partial charge in [0.2, 0.25) is 0 Å². The Bertz CT molecular complexity index is 815. The molecule has 2 aliphatic rings. The molecule has 0 atom stereocenters. The fourth-order valence-electron chi connectivity index (χ4n) is 2.82. The van der Waals surface area contributed by atoms with E-state index >= 15 is 0 Å². The monoisotopic (exact) mass is 374 g/mol. The van der Waals surface area contributed by atoms with Crippen LogP contribution in [0.5, 0.6) is 0 Å². The lowest BCUT2D eigenvalue weighted by atomic mass is 10.1. The quantitative estimate of drug-likeness (QED) is 0.428. The summed E-state index contributed by atoms with van der Waals surface area (Å²) >= 11 is 0. The highest BCUT2D eigenvalue weighted by molar-refractivity contribution is 5.97. The van der Waals surface area contributed by atoms with E-state index in [-0.39, 0.29) is 30.3 Å². The van der Waals surface area contributed by atoms with Crippen molar-refractivity contribution in [2.75, 3.05) is 25.6 Å². The molecule has 1 aliphatic carbocycles. The molecule has 8 heteroatoms. The van der Waals surface area contributed by atoms with E-state index < -0.39 is 5.91 Å². The topological polar surface area (TPSA) is 99.9 Å². The first-order chi connectivity index (χ1) is 13.0. The molecule has 144 valence electrons. The van der Waals surface area contributed by atoms with Gasteiger partial charge in [0.1, 0.15) is 11.6 Å². The summed E-state index contributed by atoms with van der Waals surface area (Å²) in [6, 6.07) is 5.10. The number of likely N-dealkylation sites (N-methyl/N-ethyl adjacent to an activating group) is 1. The van der Waals surface area contributed by atoms with Gasteiger partial charge in [0, 0.05) is 13.2 Å². The van der Waals surface area contributed by atoms with E-state index in [0.717, 1.165) is 18.4 Å². The summed E-state index contributed by atoms with van der Waals surface area (Å²) in [5.41, 5.74) is 10.0. The predicted molar refractivity (Wildman–Crippen MR) is 99.4 cm³/mol. The molecule has 0 aromatic heterocycles. The predicted octanol–water partition coefficient (Wildman–Crippen LogP) is 1.67. The van der Waals surface area contributed by atoms with Gasteiger partial charge < -0.3 is 21.1 Å². The van der Waals surface area contributed by atoms with Crippen LogP contribution in [0.3, 0.4) is 0 Å². The maximum Gasteiger partial charge on any atom is 0.278 e. The van der Waals surface area contributed by atoms with Crippen molar-refractivity contribution >= 4 is 11.6 Å². The van der Waals surface area contributed by atoms with Crippen LogP contribution in [0.25, 0.3) is 0 Å². The number of halogens is 1. The summed E-state index contributed by atoms with van der Waals surface area (Å²) in [6.07, 6.45) is 6.80. The van der Waals surface area contributed by atoms with Gasteiger partial charge in [-0.1, -0.05) is 6.07 Å².